The second-order valence-corrected chi connectivity index (χ2v) is 31.6. The Hall–Kier alpha value is -8.84. The SMILES string of the molecule is Cc1cc(C)c(-c2ccc(NC(=O)[C@H](Cc3ccc(C(=O)NCCS(=O)(=O)[O-])cc3)c3ccc(-c4ccc(C(C)(C)C)cc4)cc3)cc2)c(C)c1.Cc1cc(C)c(-c2ccc(NC(=O)[C@H](Cc3ccc(C(=O)NCCS(=O)(=O)[O-])cc3)c3ccc(-c4ccc(C(C)(C)C)cc4)cc3)cc2)c(C)c1.[Ca+2]. The molecule has 10 rings (SSSR count). The third kappa shape index (κ3) is 22.6. The average Bonchev–Trinajstić information content (AvgIpc) is 0.820. The van der Waals surface area contributed by atoms with E-state index in [1.165, 1.54) is 55.6 Å². The Bertz CT molecular complexity index is 4500. The molecule has 0 radical (unpaired) electrons. The van der Waals surface area contributed by atoms with Crippen LogP contribution in [0.2, 0.25) is 0 Å². The van der Waals surface area contributed by atoms with Gasteiger partial charge in [-0.3, -0.25) is 19.2 Å². The molecule has 0 aliphatic carbocycles. The van der Waals surface area contributed by atoms with E-state index in [9.17, 15) is 45.1 Å². The summed E-state index contributed by atoms with van der Waals surface area (Å²) in [6.45, 7) is 25.3. The van der Waals surface area contributed by atoms with Crippen LogP contribution in [0.4, 0.5) is 11.4 Å². The standard InChI is InChI=1S/2C43H46N2O5S.Ca/c2*1-28-25-29(2)40(30(3)26-28)35-17-21-38(22-18-35)45-42(47)39(27-31-7-9-36(10-8-31)41(46)44-23-24-51(48,49)50)34-13-11-32(12-14-34)33-15-19-37(20-16-33)43(4,5)6;/h2*7-22,25-26,39H,23-24,27H2,1-6H3,(H,44,46)(H,45,47)(H,48,49,50);/q;;+2/p-2/t2*39-;/m11./s1. The monoisotopic (exact) mass is 1440 g/mol. The fourth-order valence-electron chi connectivity index (χ4n) is 12.9. The number of nitrogens with one attached hydrogen (secondary N) is 4. The summed E-state index contributed by atoms with van der Waals surface area (Å²) < 4.78 is 65.3. The maximum atomic E-state index is 14.0. The molecule has 0 aliphatic rings. The number of carbonyl (C=O) groups excluding carboxylic acids is 4. The van der Waals surface area contributed by atoms with Gasteiger partial charge < -0.3 is 30.4 Å². The van der Waals surface area contributed by atoms with Gasteiger partial charge in [0, 0.05) is 35.6 Å². The zero-order valence-electron chi connectivity index (χ0n) is 60.8. The first-order chi connectivity index (χ1) is 48.1. The predicted octanol–water partition coefficient (Wildman–Crippen LogP) is 16.6. The summed E-state index contributed by atoms with van der Waals surface area (Å²) in [4.78, 5) is 53.1. The number of carbonyl (C=O) groups is 4. The van der Waals surface area contributed by atoms with Crippen molar-refractivity contribution in [1.82, 2.24) is 10.6 Å². The maximum Gasteiger partial charge on any atom is 2.00 e. The van der Waals surface area contributed by atoms with E-state index in [1.807, 2.05) is 97.1 Å². The summed E-state index contributed by atoms with van der Waals surface area (Å²) in [6.07, 6.45) is 0.753. The van der Waals surface area contributed by atoms with E-state index in [4.69, 9.17) is 0 Å². The molecule has 4 amide bonds. The summed E-state index contributed by atoms with van der Waals surface area (Å²) in [5, 5.41) is 11.2. The Morgan fingerprint density at radius 2 is 0.631 bits per heavy atom. The summed E-state index contributed by atoms with van der Waals surface area (Å²) in [7, 11) is -8.86. The van der Waals surface area contributed by atoms with Crippen LogP contribution in [0.5, 0.6) is 0 Å². The zero-order valence-corrected chi connectivity index (χ0v) is 64.6. The number of hydrogen-bond donors (Lipinski definition) is 4. The largest absolute Gasteiger partial charge is 2.00 e. The second-order valence-electron chi connectivity index (χ2n) is 28.5. The normalized spacial score (nSPS) is 12.2. The van der Waals surface area contributed by atoms with Gasteiger partial charge in [-0.05, 0) is 214 Å². The predicted molar refractivity (Wildman–Crippen MR) is 416 cm³/mol. The first-order valence-corrected chi connectivity index (χ1v) is 37.3. The fraction of sp³-hybridized carbons (Fsp3) is 0.256. The fourth-order valence-corrected chi connectivity index (χ4v) is 13.6. The van der Waals surface area contributed by atoms with Crippen LogP contribution in [0.1, 0.15) is 141 Å². The summed E-state index contributed by atoms with van der Waals surface area (Å²) in [5.41, 5.74) is 24.2. The molecule has 0 heterocycles. The molecule has 4 N–H and O–H groups in total. The second kappa shape index (κ2) is 34.6. The molecule has 0 unspecified atom stereocenters. The van der Waals surface area contributed by atoms with Crippen molar-refractivity contribution in [2.75, 3.05) is 35.2 Å². The van der Waals surface area contributed by atoms with Crippen molar-refractivity contribution in [2.45, 2.75) is 119 Å². The van der Waals surface area contributed by atoms with E-state index in [0.717, 1.165) is 55.6 Å². The molecule has 103 heavy (non-hydrogen) atoms. The van der Waals surface area contributed by atoms with Crippen molar-refractivity contribution in [3.8, 4) is 44.5 Å². The van der Waals surface area contributed by atoms with Gasteiger partial charge in [0.15, 0.2) is 0 Å². The van der Waals surface area contributed by atoms with Gasteiger partial charge in [0.25, 0.3) is 11.8 Å². The third-order valence-corrected chi connectivity index (χ3v) is 19.7. The number of rotatable bonds is 22. The average molecular weight is 1440 g/mol. The smallest absolute Gasteiger partial charge is 0.748 e. The van der Waals surface area contributed by atoms with Crippen molar-refractivity contribution >= 4 is 93.0 Å². The van der Waals surface area contributed by atoms with Gasteiger partial charge >= 0.3 is 37.7 Å². The molecule has 0 spiro atoms. The molecule has 10 aromatic rings. The van der Waals surface area contributed by atoms with Gasteiger partial charge in [-0.25, -0.2) is 16.8 Å². The van der Waals surface area contributed by atoms with Crippen LogP contribution in [0.15, 0.2) is 218 Å². The molecule has 0 aliphatic heterocycles. The zero-order chi connectivity index (χ0) is 73.8. The van der Waals surface area contributed by atoms with Crippen molar-refractivity contribution in [2.24, 2.45) is 0 Å². The van der Waals surface area contributed by atoms with E-state index >= 15 is 0 Å². The van der Waals surface area contributed by atoms with Crippen LogP contribution < -0.4 is 21.3 Å². The minimum absolute atomic E-state index is 0. The van der Waals surface area contributed by atoms with E-state index in [2.05, 4.69) is 177 Å². The number of amides is 4. The summed E-state index contributed by atoms with van der Waals surface area (Å²) >= 11 is 0. The van der Waals surface area contributed by atoms with Gasteiger partial charge in [0.1, 0.15) is 0 Å². The Labute approximate surface area is 638 Å². The van der Waals surface area contributed by atoms with Crippen LogP contribution in [-0.2, 0) is 53.5 Å². The molecule has 10 aromatic carbocycles. The molecule has 528 valence electrons. The number of hydrogen-bond acceptors (Lipinski definition) is 10. The van der Waals surface area contributed by atoms with Crippen molar-refractivity contribution in [1.29, 1.82) is 0 Å². The molecule has 17 heteroatoms. The summed E-state index contributed by atoms with van der Waals surface area (Å²) in [6, 6.07) is 71.5. The quantitative estimate of drug-likeness (QED) is 0.0370. The topological polar surface area (TPSA) is 231 Å². The maximum absolute atomic E-state index is 14.0. The molecule has 0 bridgehead atoms. The van der Waals surface area contributed by atoms with Crippen LogP contribution in [-0.4, -0.2) is 112 Å². The molecule has 2 atom stereocenters. The van der Waals surface area contributed by atoms with E-state index < -0.39 is 55.4 Å². The molecule has 14 nitrogen and oxygen atoms in total. The van der Waals surface area contributed by atoms with Gasteiger partial charge in [-0.15, -0.1) is 0 Å². The Balaban J connectivity index is 0.000000259. The van der Waals surface area contributed by atoms with Gasteiger partial charge in [-0.1, -0.05) is 223 Å². The molecule has 0 fully saturated rings. The van der Waals surface area contributed by atoms with Gasteiger partial charge in [-0.2, -0.15) is 0 Å². The first-order valence-electron chi connectivity index (χ1n) is 34.2. The minimum atomic E-state index is -4.43. The van der Waals surface area contributed by atoms with E-state index in [1.54, 1.807) is 48.5 Å². The molecular weight excluding hydrogens is 1350 g/mol. The van der Waals surface area contributed by atoms with Crippen LogP contribution in [0.3, 0.4) is 0 Å². The number of aryl methyl sites for hydroxylation is 6. The van der Waals surface area contributed by atoms with Crippen molar-refractivity contribution in [3.05, 3.63) is 296 Å². The van der Waals surface area contributed by atoms with Crippen molar-refractivity contribution in [3.63, 3.8) is 0 Å². The number of anilines is 2. The number of benzene rings is 10. The molecule has 0 saturated carbocycles. The Morgan fingerprint density at radius 1 is 0.369 bits per heavy atom. The van der Waals surface area contributed by atoms with Crippen LogP contribution >= 0.6 is 0 Å². The van der Waals surface area contributed by atoms with Gasteiger partial charge in [0.05, 0.1) is 43.6 Å². The van der Waals surface area contributed by atoms with Crippen molar-refractivity contribution < 1.29 is 45.1 Å². The first kappa shape index (κ1) is 79.9. The molecular formula is C86H90CaN4O10S2. The van der Waals surface area contributed by atoms with Crippen LogP contribution in [0.25, 0.3) is 44.5 Å². The van der Waals surface area contributed by atoms with E-state index in [-0.39, 0.29) is 73.5 Å². The summed E-state index contributed by atoms with van der Waals surface area (Å²) in [5.74, 6) is -3.71. The minimum Gasteiger partial charge on any atom is -0.748 e. The molecule has 0 saturated heterocycles. The van der Waals surface area contributed by atoms with Crippen LogP contribution in [0, 0.1) is 41.5 Å². The Morgan fingerprint density at radius 3 is 0.893 bits per heavy atom. The van der Waals surface area contributed by atoms with E-state index in [0.29, 0.717) is 35.3 Å². The molecule has 0 aromatic heterocycles. The van der Waals surface area contributed by atoms with Gasteiger partial charge in [0.2, 0.25) is 11.8 Å². The third-order valence-electron chi connectivity index (χ3n) is 18.3. The Kier molecular flexibility index (Phi) is 26.8.